The second-order valence-corrected chi connectivity index (χ2v) is 7.29. The highest BCUT2D eigenvalue weighted by atomic mass is 16.4. The van der Waals surface area contributed by atoms with Gasteiger partial charge < -0.3 is 15.7 Å². The van der Waals surface area contributed by atoms with Gasteiger partial charge in [0.05, 0.1) is 0 Å². The zero-order chi connectivity index (χ0) is 15.8. The smallest absolute Gasteiger partial charge is 0.326 e. The fraction of sp³-hybridized carbons (Fsp3) is 0.875. The van der Waals surface area contributed by atoms with Gasteiger partial charge in [0.25, 0.3) is 0 Å². The summed E-state index contributed by atoms with van der Waals surface area (Å²) < 4.78 is 0. The predicted molar refractivity (Wildman–Crippen MR) is 80.6 cm³/mol. The average Bonchev–Trinajstić information content (AvgIpc) is 2.44. The number of carboxylic acids is 1. The maximum atomic E-state index is 13.0. The minimum Gasteiger partial charge on any atom is -0.480 e. The summed E-state index contributed by atoms with van der Waals surface area (Å²) in [5.74, 6) is -0.715. The minimum atomic E-state index is -0.874. The second kappa shape index (κ2) is 5.95. The van der Waals surface area contributed by atoms with Crippen molar-refractivity contribution in [1.82, 2.24) is 4.90 Å². The van der Waals surface area contributed by atoms with Crippen molar-refractivity contribution in [2.24, 2.45) is 23.0 Å². The number of aliphatic carboxylic acids is 1. The first-order valence-corrected chi connectivity index (χ1v) is 8.05. The number of carboxylic acid groups (broad SMARTS) is 1. The Hall–Kier alpha value is -1.10. The van der Waals surface area contributed by atoms with Gasteiger partial charge in [0.2, 0.25) is 5.91 Å². The number of nitrogens with zero attached hydrogens (tertiary/aromatic N) is 1. The van der Waals surface area contributed by atoms with Gasteiger partial charge in [-0.1, -0.05) is 20.8 Å². The third kappa shape index (κ3) is 2.93. The molecule has 3 unspecified atom stereocenters. The number of carbonyl (C=O) groups excluding carboxylic acids is 1. The molecule has 3 N–H and O–H groups in total. The number of carbonyl (C=O) groups is 2. The first-order chi connectivity index (χ1) is 9.76. The van der Waals surface area contributed by atoms with E-state index in [-0.39, 0.29) is 29.2 Å². The fourth-order valence-corrected chi connectivity index (χ4v) is 3.94. The van der Waals surface area contributed by atoms with Crippen LogP contribution in [0.2, 0.25) is 0 Å². The molecular formula is C16H28N2O3. The van der Waals surface area contributed by atoms with Crippen molar-refractivity contribution < 1.29 is 14.7 Å². The van der Waals surface area contributed by atoms with E-state index in [1.54, 1.807) is 4.90 Å². The highest BCUT2D eigenvalue weighted by Crippen LogP contribution is 2.45. The van der Waals surface area contributed by atoms with Crippen molar-refractivity contribution in [2.75, 3.05) is 6.54 Å². The molecule has 5 heteroatoms. The lowest BCUT2D eigenvalue weighted by atomic mass is 9.60. The van der Waals surface area contributed by atoms with Crippen LogP contribution in [0.5, 0.6) is 0 Å². The maximum Gasteiger partial charge on any atom is 0.326 e. The van der Waals surface area contributed by atoms with Gasteiger partial charge in [-0.05, 0) is 43.4 Å². The van der Waals surface area contributed by atoms with E-state index >= 15 is 0 Å². The highest BCUT2D eigenvalue weighted by Gasteiger charge is 2.47. The molecule has 2 fully saturated rings. The molecular weight excluding hydrogens is 268 g/mol. The maximum absolute atomic E-state index is 13.0. The quantitative estimate of drug-likeness (QED) is 0.814. The molecule has 1 amide bonds. The van der Waals surface area contributed by atoms with Crippen LogP contribution in [0, 0.1) is 17.3 Å². The summed E-state index contributed by atoms with van der Waals surface area (Å²) in [5.41, 5.74) is 5.97. The summed E-state index contributed by atoms with van der Waals surface area (Å²) in [5, 5.41) is 9.37. The molecule has 1 saturated carbocycles. The van der Waals surface area contributed by atoms with Gasteiger partial charge in [-0.25, -0.2) is 4.79 Å². The molecule has 0 bridgehead atoms. The molecule has 2 aliphatic rings. The van der Waals surface area contributed by atoms with Crippen molar-refractivity contribution in [3.8, 4) is 0 Å². The molecule has 0 aromatic rings. The molecule has 5 nitrogen and oxygen atoms in total. The molecule has 0 aromatic carbocycles. The Morgan fingerprint density at radius 2 is 1.86 bits per heavy atom. The van der Waals surface area contributed by atoms with Crippen molar-refractivity contribution in [3.63, 3.8) is 0 Å². The molecule has 1 aliphatic carbocycles. The van der Waals surface area contributed by atoms with Crippen LogP contribution in [-0.4, -0.2) is 40.5 Å². The SMILES string of the molecule is CC1C(N)CCC(C(=O)N2CCCC[C@@H]2C(=O)O)C1(C)C. The van der Waals surface area contributed by atoms with E-state index in [2.05, 4.69) is 20.8 Å². The molecule has 2 rings (SSSR count). The van der Waals surface area contributed by atoms with Gasteiger partial charge in [-0.2, -0.15) is 0 Å². The standard InChI is InChI=1S/C16H28N2O3/c1-10-12(17)8-7-11(16(10,2)3)14(19)18-9-5-4-6-13(18)15(20)21/h10-13H,4-9,17H2,1-3H3,(H,20,21)/t10?,11?,12?,13-/m1/s1. The lowest BCUT2D eigenvalue weighted by Crippen LogP contribution is -2.56. The predicted octanol–water partition coefficient (Wildman–Crippen LogP) is 1.85. The van der Waals surface area contributed by atoms with Gasteiger partial charge in [0, 0.05) is 18.5 Å². The zero-order valence-corrected chi connectivity index (χ0v) is 13.3. The number of rotatable bonds is 2. The number of piperidine rings is 1. The van der Waals surface area contributed by atoms with Crippen LogP contribution in [0.15, 0.2) is 0 Å². The third-order valence-corrected chi connectivity index (χ3v) is 5.87. The Labute approximate surface area is 126 Å². The van der Waals surface area contributed by atoms with Crippen LogP contribution in [0.4, 0.5) is 0 Å². The summed E-state index contributed by atoms with van der Waals surface area (Å²) in [6.07, 6.45) is 3.96. The number of hydrogen-bond acceptors (Lipinski definition) is 3. The number of likely N-dealkylation sites (tertiary alicyclic amines) is 1. The molecule has 120 valence electrons. The van der Waals surface area contributed by atoms with Crippen molar-refractivity contribution in [1.29, 1.82) is 0 Å². The van der Waals surface area contributed by atoms with Crippen LogP contribution < -0.4 is 5.73 Å². The summed E-state index contributed by atoms with van der Waals surface area (Å²) >= 11 is 0. The number of nitrogens with two attached hydrogens (primary N) is 1. The van der Waals surface area contributed by atoms with E-state index in [1.807, 2.05) is 0 Å². The van der Waals surface area contributed by atoms with Gasteiger partial charge in [-0.15, -0.1) is 0 Å². The van der Waals surface area contributed by atoms with Crippen molar-refractivity contribution in [2.45, 2.75) is 65.0 Å². The van der Waals surface area contributed by atoms with Crippen LogP contribution >= 0.6 is 0 Å². The molecule has 4 atom stereocenters. The molecule has 0 aromatic heterocycles. The van der Waals surface area contributed by atoms with E-state index < -0.39 is 12.0 Å². The lowest BCUT2D eigenvalue weighted by molar-refractivity contribution is -0.158. The Morgan fingerprint density at radius 3 is 2.48 bits per heavy atom. The summed E-state index contributed by atoms with van der Waals surface area (Å²) in [7, 11) is 0. The Bertz CT molecular complexity index is 422. The minimum absolute atomic E-state index is 0.0193. The summed E-state index contributed by atoms with van der Waals surface area (Å²) in [6, 6.07) is -0.520. The Morgan fingerprint density at radius 1 is 1.19 bits per heavy atom. The van der Waals surface area contributed by atoms with E-state index in [4.69, 9.17) is 5.73 Å². The molecule has 0 spiro atoms. The van der Waals surface area contributed by atoms with Crippen molar-refractivity contribution in [3.05, 3.63) is 0 Å². The van der Waals surface area contributed by atoms with Crippen LogP contribution in [-0.2, 0) is 9.59 Å². The molecule has 1 aliphatic heterocycles. The molecule has 0 radical (unpaired) electrons. The largest absolute Gasteiger partial charge is 0.480 e. The lowest BCUT2D eigenvalue weighted by Gasteiger charge is -2.48. The van der Waals surface area contributed by atoms with E-state index in [1.165, 1.54) is 0 Å². The Balaban J connectivity index is 2.20. The Kier molecular flexibility index (Phi) is 4.61. The normalized spacial score (nSPS) is 36.3. The van der Waals surface area contributed by atoms with E-state index in [0.29, 0.717) is 13.0 Å². The van der Waals surface area contributed by atoms with Crippen LogP contribution in [0.1, 0.15) is 52.9 Å². The number of hydrogen-bond donors (Lipinski definition) is 2. The molecule has 1 heterocycles. The fourth-order valence-electron chi connectivity index (χ4n) is 3.94. The molecule has 1 saturated heterocycles. The second-order valence-electron chi connectivity index (χ2n) is 7.29. The van der Waals surface area contributed by atoms with E-state index in [0.717, 1.165) is 25.7 Å². The highest BCUT2D eigenvalue weighted by molar-refractivity contribution is 5.86. The van der Waals surface area contributed by atoms with Crippen LogP contribution in [0.25, 0.3) is 0 Å². The topological polar surface area (TPSA) is 83.6 Å². The third-order valence-electron chi connectivity index (χ3n) is 5.87. The molecule has 21 heavy (non-hydrogen) atoms. The summed E-state index contributed by atoms with van der Waals surface area (Å²) in [6.45, 7) is 6.87. The first-order valence-electron chi connectivity index (χ1n) is 8.05. The van der Waals surface area contributed by atoms with E-state index in [9.17, 15) is 14.7 Å². The van der Waals surface area contributed by atoms with Gasteiger partial charge >= 0.3 is 5.97 Å². The zero-order valence-electron chi connectivity index (χ0n) is 13.3. The average molecular weight is 296 g/mol. The van der Waals surface area contributed by atoms with Gasteiger partial charge in [0.15, 0.2) is 0 Å². The monoisotopic (exact) mass is 296 g/mol. The van der Waals surface area contributed by atoms with Crippen molar-refractivity contribution >= 4 is 11.9 Å². The summed E-state index contributed by atoms with van der Waals surface area (Å²) in [4.78, 5) is 26.0. The van der Waals surface area contributed by atoms with Gasteiger partial charge in [-0.3, -0.25) is 4.79 Å². The first kappa shape index (κ1) is 16.3. The number of amides is 1. The van der Waals surface area contributed by atoms with Crippen LogP contribution in [0.3, 0.4) is 0 Å². The van der Waals surface area contributed by atoms with Gasteiger partial charge in [0.1, 0.15) is 6.04 Å².